The molecule has 4 rings (SSSR count). The summed E-state index contributed by atoms with van der Waals surface area (Å²) in [7, 11) is 0. The largest absolute Gasteiger partial charge is 0.296 e. The fourth-order valence-electron chi connectivity index (χ4n) is 2.51. The summed E-state index contributed by atoms with van der Waals surface area (Å²) in [6.45, 7) is 3.94. The summed E-state index contributed by atoms with van der Waals surface area (Å²) in [6.07, 6.45) is 0. The van der Waals surface area contributed by atoms with Gasteiger partial charge in [0.2, 0.25) is 0 Å². The van der Waals surface area contributed by atoms with Gasteiger partial charge in [-0.25, -0.2) is 9.97 Å². The van der Waals surface area contributed by atoms with Crippen molar-refractivity contribution in [3.63, 3.8) is 0 Å². The minimum atomic E-state index is -0.253. The molecule has 3 heterocycles. The Bertz CT molecular complexity index is 1120. The minimum absolute atomic E-state index is 0.253. The average molecular weight is 432 g/mol. The van der Waals surface area contributed by atoms with E-state index in [4.69, 9.17) is 11.6 Å². The zero-order valence-corrected chi connectivity index (χ0v) is 17.7. The molecule has 0 fully saturated rings. The lowest BCUT2D eigenvalue weighted by atomic mass is 10.1. The number of carbonyl (C=O) groups is 1. The first-order valence-electron chi connectivity index (χ1n) is 8.06. The third-order valence-electron chi connectivity index (χ3n) is 3.93. The van der Waals surface area contributed by atoms with Crippen LogP contribution in [-0.2, 0) is 0 Å². The van der Waals surface area contributed by atoms with Crippen LogP contribution < -0.4 is 5.32 Å². The van der Waals surface area contributed by atoms with Gasteiger partial charge in [0, 0.05) is 20.8 Å². The van der Waals surface area contributed by atoms with Crippen LogP contribution in [0.3, 0.4) is 0 Å². The van der Waals surface area contributed by atoms with E-state index in [0.717, 1.165) is 31.6 Å². The Hall–Kier alpha value is -2.06. The number of rotatable bonds is 4. The van der Waals surface area contributed by atoms with Crippen LogP contribution in [0.15, 0.2) is 41.1 Å². The molecule has 0 radical (unpaired) electrons. The van der Waals surface area contributed by atoms with Gasteiger partial charge in [-0.15, -0.1) is 34.0 Å². The number of amides is 1. The van der Waals surface area contributed by atoms with E-state index in [1.165, 1.54) is 22.7 Å². The van der Waals surface area contributed by atoms with Crippen LogP contribution in [-0.4, -0.2) is 15.9 Å². The Morgan fingerprint density at radius 1 is 1.15 bits per heavy atom. The lowest BCUT2D eigenvalue weighted by Crippen LogP contribution is -2.12. The van der Waals surface area contributed by atoms with Gasteiger partial charge in [-0.2, -0.15) is 0 Å². The molecule has 8 heteroatoms. The van der Waals surface area contributed by atoms with Crippen molar-refractivity contribution in [2.45, 2.75) is 13.8 Å². The Morgan fingerprint density at radius 2 is 2.00 bits per heavy atom. The van der Waals surface area contributed by atoms with Crippen molar-refractivity contribution in [3.8, 4) is 21.1 Å². The molecule has 1 aromatic carbocycles. The molecule has 4 nitrogen and oxygen atoms in total. The molecule has 1 amide bonds. The second-order valence-corrected chi connectivity index (χ2v) is 9.27. The molecule has 0 aliphatic heterocycles. The van der Waals surface area contributed by atoms with Crippen LogP contribution in [0.5, 0.6) is 0 Å². The highest BCUT2D eigenvalue weighted by atomic mass is 35.5. The zero-order valence-electron chi connectivity index (χ0n) is 14.4. The van der Waals surface area contributed by atoms with Crippen LogP contribution in [0.2, 0.25) is 5.02 Å². The summed E-state index contributed by atoms with van der Waals surface area (Å²) < 4.78 is 0. The lowest BCUT2D eigenvalue weighted by Gasteiger charge is -2.02. The third-order valence-corrected chi connectivity index (χ3v) is 7.11. The molecule has 136 valence electrons. The summed E-state index contributed by atoms with van der Waals surface area (Å²) in [5, 5.41) is 8.72. The fraction of sp³-hybridized carbons (Fsp3) is 0.105. The molecule has 4 aromatic rings. The van der Waals surface area contributed by atoms with E-state index in [1.54, 1.807) is 16.7 Å². The highest BCUT2D eigenvalue weighted by Crippen LogP contribution is 2.33. The first-order valence-corrected chi connectivity index (χ1v) is 11.0. The number of anilines is 1. The molecule has 0 unspecified atom stereocenters. The SMILES string of the molecule is Cc1ccc(-c2nc(NC(=O)c3csc(-c4cccs4)n3)sc2C)cc1Cl. The Balaban J connectivity index is 1.55. The molecule has 0 atom stereocenters. The molecule has 0 saturated heterocycles. The molecular formula is C19H14ClN3OS3. The van der Waals surface area contributed by atoms with Crippen molar-refractivity contribution < 1.29 is 4.79 Å². The Morgan fingerprint density at radius 3 is 2.74 bits per heavy atom. The maximum absolute atomic E-state index is 12.5. The van der Waals surface area contributed by atoms with Gasteiger partial charge < -0.3 is 0 Å². The lowest BCUT2D eigenvalue weighted by molar-refractivity contribution is 0.102. The zero-order chi connectivity index (χ0) is 19.0. The van der Waals surface area contributed by atoms with Crippen molar-refractivity contribution >= 4 is 56.7 Å². The van der Waals surface area contributed by atoms with E-state index in [1.807, 2.05) is 49.6 Å². The van der Waals surface area contributed by atoms with Gasteiger partial charge in [0.25, 0.3) is 5.91 Å². The summed E-state index contributed by atoms with van der Waals surface area (Å²) in [6, 6.07) is 9.82. The smallest absolute Gasteiger partial charge is 0.276 e. The second kappa shape index (κ2) is 7.52. The van der Waals surface area contributed by atoms with Crippen LogP contribution in [0.4, 0.5) is 5.13 Å². The van der Waals surface area contributed by atoms with E-state index >= 15 is 0 Å². The number of nitrogens with zero attached hydrogens (tertiary/aromatic N) is 2. The summed E-state index contributed by atoms with van der Waals surface area (Å²) in [5.74, 6) is -0.253. The first-order chi connectivity index (χ1) is 13.0. The van der Waals surface area contributed by atoms with E-state index < -0.39 is 0 Å². The Kier molecular flexibility index (Phi) is 5.10. The Labute approximate surface area is 173 Å². The number of halogens is 1. The third kappa shape index (κ3) is 3.82. The normalized spacial score (nSPS) is 10.9. The molecule has 0 saturated carbocycles. The quantitative estimate of drug-likeness (QED) is 0.400. The van der Waals surface area contributed by atoms with Gasteiger partial charge in [-0.05, 0) is 36.9 Å². The van der Waals surface area contributed by atoms with E-state index in [-0.39, 0.29) is 5.91 Å². The monoisotopic (exact) mass is 431 g/mol. The summed E-state index contributed by atoms with van der Waals surface area (Å²) >= 11 is 10.7. The maximum atomic E-state index is 12.5. The number of hydrogen-bond acceptors (Lipinski definition) is 6. The van der Waals surface area contributed by atoms with Crippen LogP contribution >= 0.6 is 45.6 Å². The van der Waals surface area contributed by atoms with Gasteiger partial charge in [-0.3, -0.25) is 10.1 Å². The molecule has 1 N–H and O–H groups in total. The molecule has 0 bridgehead atoms. The summed E-state index contributed by atoms with van der Waals surface area (Å²) in [4.78, 5) is 23.6. The van der Waals surface area contributed by atoms with Crippen LogP contribution in [0.1, 0.15) is 20.9 Å². The van der Waals surface area contributed by atoms with E-state index in [2.05, 4.69) is 15.3 Å². The summed E-state index contributed by atoms with van der Waals surface area (Å²) in [5.41, 5.74) is 3.19. The van der Waals surface area contributed by atoms with Gasteiger partial charge in [-0.1, -0.05) is 29.8 Å². The number of thiazole rings is 2. The number of thiophene rings is 1. The van der Waals surface area contributed by atoms with Crippen LogP contribution in [0.25, 0.3) is 21.1 Å². The fourth-order valence-corrected chi connectivity index (χ4v) is 5.14. The number of aromatic nitrogens is 2. The second-order valence-electron chi connectivity index (χ2n) is 5.86. The predicted octanol–water partition coefficient (Wildman–Crippen LogP) is 6.52. The van der Waals surface area contributed by atoms with Gasteiger partial charge in [0.15, 0.2) is 5.13 Å². The van der Waals surface area contributed by atoms with Crippen molar-refractivity contribution in [2.24, 2.45) is 0 Å². The number of nitrogens with one attached hydrogen (secondary N) is 1. The average Bonchev–Trinajstić information content (AvgIpc) is 3.37. The molecule has 0 aliphatic rings. The molecule has 0 aliphatic carbocycles. The number of hydrogen-bond donors (Lipinski definition) is 1. The molecule has 0 spiro atoms. The van der Waals surface area contributed by atoms with Crippen molar-refractivity contribution in [2.75, 3.05) is 5.32 Å². The highest BCUT2D eigenvalue weighted by molar-refractivity contribution is 7.20. The minimum Gasteiger partial charge on any atom is -0.296 e. The first kappa shape index (κ1) is 18.3. The molecule has 27 heavy (non-hydrogen) atoms. The number of aryl methyl sites for hydroxylation is 2. The van der Waals surface area contributed by atoms with E-state index in [0.29, 0.717) is 15.8 Å². The van der Waals surface area contributed by atoms with Gasteiger partial charge in [0.1, 0.15) is 10.7 Å². The van der Waals surface area contributed by atoms with Crippen molar-refractivity contribution in [1.82, 2.24) is 9.97 Å². The van der Waals surface area contributed by atoms with Crippen molar-refractivity contribution in [3.05, 3.63) is 62.2 Å². The van der Waals surface area contributed by atoms with Crippen molar-refractivity contribution in [1.29, 1.82) is 0 Å². The maximum Gasteiger partial charge on any atom is 0.276 e. The predicted molar refractivity (Wildman–Crippen MR) is 115 cm³/mol. The van der Waals surface area contributed by atoms with E-state index in [9.17, 15) is 4.79 Å². The van der Waals surface area contributed by atoms with Gasteiger partial charge >= 0.3 is 0 Å². The standard InChI is InChI=1S/C19H14ClN3OS3/c1-10-5-6-12(8-13(10)20)16-11(2)27-19(22-16)23-17(24)14-9-26-18(21-14)15-4-3-7-25-15/h3-9H,1-2H3,(H,22,23,24). The number of carbonyl (C=O) groups excluding carboxylic acids is 1. The topological polar surface area (TPSA) is 54.9 Å². The van der Waals surface area contributed by atoms with Crippen LogP contribution in [0, 0.1) is 13.8 Å². The molecule has 3 aromatic heterocycles. The molecular weight excluding hydrogens is 418 g/mol. The number of benzene rings is 1. The highest BCUT2D eigenvalue weighted by Gasteiger charge is 2.16. The van der Waals surface area contributed by atoms with Gasteiger partial charge in [0.05, 0.1) is 10.6 Å².